The lowest BCUT2D eigenvalue weighted by atomic mass is 9.89. The van der Waals surface area contributed by atoms with Gasteiger partial charge in [0, 0.05) is 13.0 Å². The Morgan fingerprint density at radius 1 is 1.26 bits per heavy atom. The fourth-order valence-corrected chi connectivity index (χ4v) is 3.12. The summed E-state index contributed by atoms with van der Waals surface area (Å²) in [4.78, 5) is 12.3. The standard InChI is InChI=1S/C16H21NO2/c18-16(17-11-12-5-2-1-3-6-12)14-8-4-7-13-9-10-19-15(13)14/h4,7-8,12H,1-3,5-6,9-11H2,(H,17,18). The van der Waals surface area contributed by atoms with E-state index in [4.69, 9.17) is 4.74 Å². The van der Waals surface area contributed by atoms with Crippen LogP contribution in [0.25, 0.3) is 0 Å². The fraction of sp³-hybridized carbons (Fsp3) is 0.562. The van der Waals surface area contributed by atoms with E-state index >= 15 is 0 Å². The van der Waals surface area contributed by atoms with Gasteiger partial charge in [-0.05, 0) is 30.4 Å². The molecule has 1 aliphatic carbocycles. The zero-order valence-corrected chi connectivity index (χ0v) is 11.3. The van der Waals surface area contributed by atoms with Gasteiger partial charge in [-0.25, -0.2) is 0 Å². The topological polar surface area (TPSA) is 38.3 Å². The first-order valence-corrected chi connectivity index (χ1v) is 7.37. The van der Waals surface area contributed by atoms with Crippen LogP contribution < -0.4 is 10.1 Å². The Kier molecular flexibility index (Phi) is 3.72. The zero-order valence-electron chi connectivity index (χ0n) is 11.3. The lowest BCUT2D eigenvalue weighted by molar-refractivity contribution is 0.0940. The van der Waals surface area contributed by atoms with Gasteiger partial charge in [-0.3, -0.25) is 4.79 Å². The largest absolute Gasteiger partial charge is 0.492 e. The number of hydrogen-bond acceptors (Lipinski definition) is 2. The third kappa shape index (κ3) is 2.75. The number of amides is 1. The van der Waals surface area contributed by atoms with Gasteiger partial charge < -0.3 is 10.1 Å². The molecule has 1 aliphatic heterocycles. The van der Waals surface area contributed by atoms with Crippen LogP contribution in [0.15, 0.2) is 18.2 Å². The van der Waals surface area contributed by atoms with Crippen molar-refractivity contribution in [2.24, 2.45) is 5.92 Å². The quantitative estimate of drug-likeness (QED) is 0.906. The Balaban J connectivity index is 1.62. The summed E-state index contributed by atoms with van der Waals surface area (Å²) < 4.78 is 5.58. The molecule has 0 atom stereocenters. The molecule has 0 unspecified atom stereocenters. The second kappa shape index (κ2) is 5.64. The van der Waals surface area contributed by atoms with Crippen molar-refractivity contribution < 1.29 is 9.53 Å². The number of rotatable bonds is 3. The van der Waals surface area contributed by atoms with Crippen molar-refractivity contribution in [2.75, 3.05) is 13.2 Å². The van der Waals surface area contributed by atoms with Gasteiger partial charge in [0.25, 0.3) is 5.91 Å². The molecule has 1 heterocycles. The monoisotopic (exact) mass is 259 g/mol. The highest BCUT2D eigenvalue weighted by Gasteiger charge is 2.21. The number of nitrogens with one attached hydrogen (secondary N) is 1. The van der Waals surface area contributed by atoms with Crippen LogP contribution in [0.1, 0.15) is 48.0 Å². The van der Waals surface area contributed by atoms with E-state index < -0.39 is 0 Å². The summed E-state index contributed by atoms with van der Waals surface area (Å²) in [5.41, 5.74) is 1.86. The minimum Gasteiger partial charge on any atom is -0.492 e. The van der Waals surface area contributed by atoms with Gasteiger partial charge in [0.1, 0.15) is 5.75 Å². The molecule has 19 heavy (non-hydrogen) atoms. The van der Waals surface area contributed by atoms with Crippen molar-refractivity contribution in [3.63, 3.8) is 0 Å². The number of carbonyl (C=O) groups is 1. The number of fused-ring (bicyclic) bond motifs is 1. The summed E-state index contributed by atoms with van der Waals surface area (Å²) >= 11 is 0. The maximum Gasteiger partial charge on any atom is 0.255 e. The highest BCUT2D eigenvalue weighted by molar-refractivity contribution is 5.97. The number of para-hydroxylation sites is 1. The second-order valence-electron chi connectivity index (χ2n) is 5.61. The Labute approximate surface area is 114 Å². The van der Waals surface area contributed by atoms with E-state index in [2.05, 4.69) is 5.32 Å². The summed E-state index contributed by atoms with van der Waals surface area (Å²) in [6, 6.07) is 5.85. The molecule has 1 aromatic carbocycles. The van der Waals surface area contributed by atoms with Crippen molar-refractivity contribution in [2.45, 2.75) is 38.5 Å². The van der Waals surface area contributed by atoms with Gasteiger partial charge >= 0.3 is 0 Å². The van der Waals surface area contributed by atoms with Crippen LogP contribution in [-0.2, 0) is 6.42 Å². The predicted molar refractivity (Wildman–Crippen MR) is 74.5 cm³/mol. The van der Waals surface area contributed by atoms with Crippen LogP contribution in [-0.4, -0.2) is 19.1 Å². The molecule has 0 aromatic heterocycles. The average Bonchev–Trinajstić information content (AvgIpc) is 2.94. The molecular weight excluding hydrogens is 238 g/mol. The summed E-state index contributed by atoms with van der Waals surface area (Å²) in [6.07, 6.45) is 7.39. The molecule has 2 aliphatic rings. The Bertz CT molecular complexity index is 464. The number of hydrogen-bond donors (Lipinski definition) is 1. The van der Waals surface area contributed by atoms with Gasteiger partial charge in [-0.2, -0.15) is 0 Å². The van der Waals surface area contributed by atoms with Crippen LogP contribution in [0.3, 0.4) is 0 Å². The molecule has 3 nitrogen and oxygen atoms in total. The van der Waals surface area contributed by atoms with Crippen LogP contribution in [0.4, 0.5) is 0 Å². The molecule has 1 saturated carbocycles. The third-order valence-electron chi connectivity index (χ3n) is 4.24. The normalized spacial score (nSPS) is 18.7. The third-order valence-corrected chi connectivity index (χ3v) is 4.24. The minimum atomic E-state index is 0.0179. The van der Waals surface area contributed by atoms with Crippen molar-refractivity contribution in [3.8, 4) is 5.75 Å². The first-order valence-electron chi connectivity index (χ1n) is 7.37. The van der Waals surface area contributed by atoms with E-state index in [0.29, 0.717) is 18.1 Å². The fourth-order valence-electron chi connectivity index (χ4n) is 3.12. The molecule has 0 spiro atoms. The summed E-state index contributed by atoms with van der Waals surface area (Å²) in [7, 11) is 0. The highest BCUT2D eigenvalue weighted by Crippen LogP contribution is 2.29. The molecule has 0 bridgehead atoms. The molecule has 102 valence electrons. The molecule has 0 saturated heterocycles. The molecule has 1 fully saturated rings. The molecule has 3 heteroatoms. The summed E-state index contributed by atoms with van der Waals surface area (Å²) in [6.45, 7) is 1.50. The van der Waals surface area contributed by atoms with Gasteiger partial charge in [0.05, 0.1) is 12.2 Å². The molecular formula is C16H21NO2. The smallest absolute Gasteiger partial charge is 0.255 e. The van der Waals surface area contributed by atoms with Gasteiger partial charge in [0.15, 0.2) is 0 Å². The van der Waals surface area contributed by atoms with E-state index in [1.165, 1.54) is 32.1 Å². The van der Waals surface area contributed by atoms with E-state index in [1.54, 1.807) is 0 Å². The van der Waals surface area contributed by atoms with Gasteiger partial charge in [0.2, 0.25) is 0 Å². The maximum absolute atomic E-state index is 12.3. The molecule has 3 rings (SSSR count). The first-order chi connectivity index (χ1) is 9.34. The lowest BCUT2D eigenvalue weighted by Crippen LogP contribution is -2.30. The Hall–Kier alpha value is -1.51. The summed E-state index contributed by atoms with van der Waals surface area (Å²) in [5, 5.41) is 3.08. The summed E-state index contributed by atoms with van der Waals surface area (Å²) in [5.74, 6) is 1.48. The number of carbonyl (C=O) groups excluding carboxylic acids is 1. The van der Waals surface area contributed by atoms with Crippen LogP contribution in [0.5, 0.6) is 5.75 Å². The van der Waals surface area contributed by atoms with Gasteiger partial charge in [-0.15, -0.1) is 0 Å². The van der Waals surface area contributed by atoms with Crippen LogP contribution >= 0.6 is 0 Å². The molecule has 1 aromatic rings. The molecule has 0 radical (unpaired) electrons. The van der Waals surface area contributed by atoms with Crippen molar-refractivity contribution in [1.29, 1.82) is 0 Å². The number of benzene rings is 1. The second-order valence-corrected chi connectivity index (χ2v) is 5.61. The highest BCUT2D eigenvalue weighted by atomic mass is 16.5. The van der Waals surface area contributed by atoms with Crippen molar-refractivity contribution >= 4 is 5.91 Å². The number of ether oxygens (including phenoxy) is 1. The zero-order chi connectivity index (χ0) is 13.1. The van der Waals surface area contributed by atoms with Gasteiger partial charge in [-0.1, -0.05) is 31.4 Å². The van der Waals surface area contributed by atoms with Crippen molar-refractivity contribution in [3.05, 3.63) is 29.3 Å². The first kappa shape index (κ1) is 12.5. The molecule has 1 N–H and O–H groups in total. The predicted octanol–water partition coefficient (Wildman–Crippen LogP) is 2.93. The Morgan fingerprint density at radius 2 is 2.11 bits per heavy atom. The Morgan fingerprint density at radius 3 is 2.95 bits per heavy atom. The molecule has 1 amide bonds. The van der Waals surface area contributed by atoms with Crippen molar-refractivity contribution in [1.82, 2.24) is 5.32 Å². The maximum atomic E-state index is 12.3. The average molecular weight is 259 g/mol. The lowest BCUT2D eigenvalue weighted by Gasteiger charge is -2.21. The minimum absolute atomic E-state index is 0.0179. The van der Waals surface area contributed by atoms with E-state index in [-0.39, 0.29) is 5.91 Å². The van der Waals surface area contributed by atoms with E-state index in [0.717, 1.165) is 24.3 Å². The van der Waals surface area contributed by atoms with Crippen LogP contribution in [0.2, 0.25) is 0 Å². The van der Waals surface area contributed by atoms with E-state index in [9.17, 15) is 4.79 Å². The van der Waals surface area contributed by atoms with E-state index in [1.807, 2.05) is 18.2 Å². The SMILES string of the molecule is O=C(NCC1CCCCC1)c1cccc2c1OCC2. The van der Waals surface area contributed by atoms with Crippen LogP contribution in [0, 0.1) is 5.92 Å².